The normalized spacial score (nSPS) is 23.4. The largest absolute Gasteiger partial charge is 0.333 e. The molecule has 108 valence electrons. The summed E-state index contributed by atoms with van der Waals surface area (Å²) in [4.78, 5) is 27.7. The van der Waals surface area contributed by atoms with Crippen molar-refractivity contribution in [3.63, 3.8) is 0 Å². The maximum Gasteiger partial charge on any atom is 0.242 e. The number of H-pyrrole nitrogens is 1. The van der Waals surface area contributed by atoms with Gasteiger partial charge in [0.05, 0.1) is 18.3 Å². The molecule has 0 radical (unpaired) electrons. The lowest BCUT2D eigenvalue weighted by Crippen LogP contribution is -2.44. The molecule has 0 bridgehead atoms. The molecular formula is C14H20N4O2. The molecule has 2 aliphatic heterocycles. The summed E-state index contributed by atoms with van der Waals surface area (Å²) in [5.41, 5.74) is 0.991. The van der Waals surface area contributed by atoms with Crippen LogP contribution in [-0.2, 0) is 9.59 Å². The van der Waals surface area contributed by atoms with Gasteiger partial charge in [-0.25, -0.2) is 0 Å². The molecule has 1 aromatic heterocycles. The summed E-state index contributed by atoms with van der Waals surface area (Å²) in [5, 5.41) is 6.95. The minimum Gasteiger partial charge on any atom is -0.333 e. The highest BCUT2D eigenvalue weighted by atomic mass is 16.2. The minimum atomic E-state index is 0.0551. The molecule has 2 fully saturated rings. The van der Waals surface area contributed by atoms with Crippen LogP contribution in [0.3, 0.4) is 0 Å². The zero-order valence-corrected chi connectivity index (χ0v) is 11.5. The van der Waals surface area contributed by atoms with Crippen molar-refractivity contribution in [3.05, 3.63) is 18.0 Å². The first-order valence-electron chi connectivity index (χ1n) is 7.32. The van der Waals surface area contributed by atoms with Gasteiger partial charge in [0.2, 0.25) is 11.8 Å². The van der Waals surface area contributed by atoms with Gasteiger partial charge in [-0.15, -0.1) is 0 Å². The number of aromatic nitrogens is 2. The molecule has 0 spiro atoms. The molecular weight excluding hydrogens is 256 g/mol. The van der Waals surface area contributed by atoms with Crippen LogP contribution in [0.2, 0.25) is 0 Å². The van der Waals surface area contributed by atoms with Crippen LogP contribution in [0, 0.1) is 0 Å². The number of carbonyl (C=O) groups excluding carboxylic acids is 2. The van der Waals surface area contributed by atoms with Gasteiger partial charge in [-0.05, 0) is 31.7 Å². The van der Waals surface area contributed by atoms with E-state index in [1.807, 2.05) is 11.0 Å². The predicted octanol–water partition coefficient (Wildman–Crippen LogP) is 1.09. The van der Waals surface area contributed by atoms with E-state index in [0.29, 0.717) is 13.0 Å². The first-order valence-corrected chi connectivity index (χ1v) is 7.32. The van der Waals surface area contributed by atoms with Crippen molar-refractivity contribution in [2.24, 2.45) is 0 Å². The molecule has 1 atom stereocenters. The third-order valence-corrected chi connectivity index (χ3v) is 4.20. The number of carbonyl (C=O) groups is 2. The molecule has 0 aliphatic carbocycles. The van der Waals surface area contributed by atoms with Gasteiger partial charge in [-0.2, -0.15) is 5.10 Å². The number of amides is 2. The first-order chi connectivity index (χ1) is 9.75. The average molecular weight is 276 g/mol. The van der Waals surface area contributed by atoms with E-state index >= 15 is 0 Å². The van der Waals surface area contributed by atoms with E-state index in [0.717, 1.165) is 37.9 Å². The third kappa shape index (κ3) is 2.55. The summed E-state index contributed by atoms with van der Waals surface area (Å²) in [6, 6.07) is 2.01. The molecule has 6 heteroatoms. The molecule has 0 saturated carbocycles. The fourth-order valence-corrected chi connectivity index (χ4v) is 3.13. The Bertz CT molecular complexity index is 485. The monoisotopic (exact) mass is 276 g/mol. The third-order valence-electron chi connectivity index (χ3n) is 4.20. The predicted molar refractivity (Wildman–Crippen MR) is 72.7 cm³/mol. The lowest BCUT2D eigenvalue weighted by Gasteiger charge is -2.36. The number of nitrogens with one attached hydrogen (secondary N) is 1. The van der Waals surface area contributed by atoms with Crippen molar-refractivity contribution in [1.29, 1.82) is 0 Å². The van der Waals surface area contributed by atoms with Gasteiger partial charge < -0.3 is 9.80 Å². The highest BCUT2D eigenvalue weighted by Crippen LogP contribution is 2.29. The topological polar surface area (TPSA) is 69.3 Å². The summed E-state index contributed by atoms with van der Waals surface area (Å²) in [6.45, 7) is 1.71. The Labute approximate surface area is 118 Å². The summed E-state index contributed by atoms with van der Waals surface area (Å²) in [5.74, 6) is 0.160. The van der Waals surface area contributed by atoms with Gasteiger partial charge in [0, 0.05) is 25.7 Å². The van der Waals surface area contributed by atoms with Crippen LogP contribution in [0.1, 0.15) is 43.8 Å². The van der Waals surface area contributed by atoms with E-state index in [4.69, 9.17) is 0 Å². The van der Waals surface area contributed by atoms with Crippen LogP contribution >= 0.6 is 0 Å². The van der Waals surface area contributed by atoms with Crippen LogP contribution in [0.4, 0.5) is 0 Å². The second-order valence-corrected chi connectivity index (χ2v) is 5.53. The van der Waals surface area contributed by atoms with Crippen LogP contribution in [0.15, 0.2) is 12.3 Å². The Morgan fingerprint density at radius 2 is 2.25 bits per heavy atom. The van der Waals surface area contributed by atoms with E-state index < -0.39 is 0 Å². The van der Waals surface area contributed by atoms with Gasteiger partial charge in [0.25, 0.3) is 0 Å². The number of nitrogens with zero attached hydrogens (tertiary/aromatic N) is 3. The van der Waals surface area contributed by atoms with Crippen molar-refractivity contribution in [2.75, 3.05) is 19.6 Å². The van der Waals surface area contributed by atoms with Crippen molar-refractivity contribution in [2.45, 2.75) is 38.1 Å². The van der Waals surface area contributed by atoms with Gasteiger partial charge in [-0.1, -0.05) is 0 Å². The van der Waals surface area contributed by atoms with Crippen molar-refractivity contribution in [3.8, 4) is 0 Å². The standard InChI is InChI=1S/C14H20N4O2/c19-13-5-3-8-17(13)10-14(20)18-9-2-1-4-12(18)11-6-7-15-16-11/h6-7,12H,1-5,8-10H2,(H,15,16). The maximum atomic E-state index is 12.5. The quantitative estimate of drug-likeness (QED) is 0.898. The smallest absolute Gasteiger partial charge is 0.242 e. The molecule has 3 rings (SSSR count). The number of aromatic amines is 1. The average Bonchev–Trinajstić information content (AvgIpc) is 3.11. The van der Waals surface area contributed by atoms with Crippen LogP contribution < -0.4 is 0 Å². The molecule has 3 heterocycles. The zero-order chi connectivity index (χ0) is 13.9. The number of piperidine rings is 1. The summed E-state index contributed by atoms with van der Waals surface area (Å²) in [6.07, 6.45) is 6.28. The number of hydrogen-bond donors (Lipinski definition) is 1. The highest BCUT2D eigenvalue weighted by Gasteiger charge is 2.31. The molecule has 2 aliphatic rings. The van der Waals surface area contributed by atoms with E-state index in [-0.39, 0.29) is 24.4 Å². The van der Waals surface area contributed by atoms with E-state index in [2.05, 4.69) is 10.2 Å². The Morgan fingerprint density at radius 1 is 1.35 bits per heavy atom. The molecule has 0 aromatic carbocycles. The molecule has 2 saturated heterocycles. The van der Waals surface area contributed by atoms with Crippen LogP contribution in [0.5, 0.6) is 0 Å². The lowest BCUT2D eigenvalue weighted by molar-refractivity contribution is -0.141. The van der Waals surface area contributed by atoms with Crippen molar-refractivity contribution >= 4 is 11.8 Å². The van der Waals surface area contributed by atoms with Gasteiger partial charge in [0.1, 0.15) is 0 Å². The maximum absolute atomic E-state index is 12.5. The van der Waals surface area contributed by atoms with Crippen molar-refractivity contribution in [1.82, 2.24) is 20.0 Å². The molecule has 1 N–H and O–H groups in total. The fraction of sp³-hybridized carbons (Fsp3) is 0.643. The van der Waals surface area contributed by atoms with Crippen LogP contribution in [0.25, 0.3) is 0 Å². The van der Waals surface area contributed by atoms with Crippen LogP contribution in [-0.4, -0.2) is 51.4 Å². The first kappa shape index (κ1) is 13.1. The summed E-state index contributed by atoms with van der Waals surface area (Å²) >= 11 is 0. The Kier molecular flexibility index (Phi) is 3.71. The zero-order valence-electron chi connectivity index (χ0n) is 11.5. The van der Waals surface area contributed by atoms with E-state index in [1.165, 1.54) is 0 Å². The minimum absolute atomic E-state index is 0.0551. The van der Waals surface area contributed by atoms with Crippen molar-refractivity contribution < 1.29 is 9.59 Å². The Morgan fingerprint density at radius 3 is 2.95 bits per heavy atom. The molecule has 6 nitrogen and oxygen atoms in total. The van der Waals surface area contributed by atoms with Gasteiger partial charge >= 0.3 is 0 Å². The van der Waals surface area contributed by atoms with Gasteiger partial charge in [0.15, 0.2) is 0 Å². The number of rotatable bonds is 3. The second kappa shape index (κ2) is 5.64. The summed E-state index contributed by atoms with van der Waals surface area (Å²) in [7, 11) is 0. The van der Waals surface area contributed by atoms with Gasteiger partial charge in [-0.3, -0.25) is 14.7 Å². The lowest BCUT2D eigenvalue weighted by atomic mass is 9.99. The number of likely N-dealkylation sites (tertiary alicyclic amines) is 2. The molecule has 2 amide bonds. The highest BCUT2D eigenvalue weighted by molar-refractivity contribution is 5.86. The molecule has 20 heavy (non-hydrogen) atoms. The Balaban J connectivity index is 1.69. The van der Waals surface area contributed by atoms with E-state index in [9.17, 15) is 9.59 Å². The molecule has 1 unspecified atom stereocenters. The summed E-state index contributed by atoms with van der Waals surface area (Å²) < 4.78 is 0. The number of hydrogen-bond acceptors (Lipinski definition) is 3. The van der Waals surface area contributed by atoms with E-state index in [1.54, 1.807) is 11.1 Å². The second-order valence-electron chi connectivity index (χ2n) is 5.53. The SMILES string of the molecule is O=C1CCCN1CC(=O)N1CCCCC1c1ccn[nH]1. The Hall–Kier alpha value is -1.85. The fourth-order valence-electron chi connectivity index (χ4n) is 3.13. The molecule has 1 aromatic rings.